The van der Waals surface area contributed by atoms with Crippen LogP contribution in [0.2, 0.25) is 0 Å². The third-order valence-corrected chi connectivity index (χ3v) is 1.78. The van der Waals surface area contributed by atoms with E-state index in [1.165, 1.54) is 17.6 Å². The van der Waals surface area contributed by atoms with E-state index in [4.69, 9.17) is 5.41 Å². The Kier molecular flexibility index (Phi) is 1.75. The van der Waals surface area contributed by atoms with E-state index >= 15 is 0 Å². The highest BCUT2D eigenvalue weighted by Crippen LogP contribution is 2.09. The van der Waals surface area contributed by atoms with Gasteiger partial charge in [0.1, 0.15) is 4.88 Å². The van der Waals surface area contributed by atoms with Crippen molar-refractivity contribution in [3.63, 3.8) is 0 Å². The first-order valence-corrected chi connectivity index (χ1v) is 3.37. The normalized spacial score (nSPS) is 8.89. The molecule has 9 heavy (non-hydrogen) atoms. The molecule has 0 aliphatic heterocycles. The molecule has 0 bridgehead atoms. The first-order valence-electron chi connectivity index (χ1n) is 2.49. The summed E-state index contributed by atoms with van der Waals surface area (Å²) in [7, 11) is 0. The molecule has 0 aromatic carbocycles. The van der Waals surface area contributed by atoms with E-state index in [1.54, 1.807) is 11.6 Å². The van der Waals surface area contributed by atoms with Crippen molar-refractivity contribution in [1.82, 2.24) is 4.98 Å². The highest BCUT2D eigenvalue weighted by Gasteiger charge is 1.98. The Morgan fingerprint density at radius 1 is 1.78 bits per heavy atom. The van der Waals surface area contributed by atoms with Gasteiger partial charge in [0.25, 0.3) is 0 Å². The van der Waals surface area contributed by atoms with Gasteiger partial charge < -0.3 is 0 Å². The van der Waals surface area contributed by atoms with E-state index in [-0.39, 0.29) is 0 Å². The molecular formula is C6H7N2S+. The van der Waals surface area contributed by atoms with Crippen molar-refractivity contribution in [2.24, 2.45) is 0 Å². The second-order valence-corrected chi connectivity index (χ2v) is 2.36. The van der Waals surface area contributed by atoms with Gasteiger partial charge in [-0.05, 0) is 6.08 Å². The lowest BCUT2D eigenvalue weighted by Gasteiger charge is -1.79. The third-order valence-electron chi connectivity index (χ3n) is 0.969. The van der Waals surface area contributed by atoms with Gasteiger partial charge in [-0.1, -0.05) is 6.58 Å². The van der Waals surface area contributed by atoms with Crippen LogP contribution < -0.4 is 5.41 Å². The number of nitrogens with zero attached hydrogens (tertiary/aromatic N) is 1. The molecule has 1 rings (SSSR count). The highest BCUT2D eigenvalue weighted by molar-refractivity contribution is 7.11. The fourth-order valence-electron chi connectivity index (χ4n) is 0.542. The second-order valence-electron chi connectivity index (χ2n) is 1.47. The Morgan fingerprint density at radius 2 is 2.56 bits per heavy atom. The minimum absolute atomic E-state index is 0.863. The van der Waals surface area contributed by atoms with Gasteiger partial charge in [0.2, 0.25) is 0 Å². The molecule has 0 saturated heterocycles. The number of aromatic nitrogens is 1. The minimum atomic E-state index is 0.863. The molecule has 0 radical (unpaired) electrons. The smallest absolute Gasteiger partial charge is 0.179 e. The number of hydrogen-bond acceptors (Lipinski definition) is 2. The molecule has 1 aromatic rings. The van der Waals surface area contributed by atoms with Gasteiger partial charge in [-0.15, -0.1) is 11.3 Å². The summed E-state index contributed by atoms with van der Waals surface area (Å²) in [5.41, 5.74) is 2.61. The Morgan fingerprint density at radius 3 is 3.00 bits per heavy atom. The van der Waals surface area contributed by atoms with Crippen LogP contribution in [0.1, 0.15) is 10.6 Å². The standard InChI is InChI=1S/C6H6N2S/c1-2-5-6(3-7)9-4-8-5/h2-4,7H,1H2/p+1. The molecule has 0 atom stereocenters. The van der Waals surface area contributed by atoms with Crippen LogP contribution in [-0.2, 0) is 0 Å². The molecule has 3 heteroatoms. The quantitative estimate of drug-likeness (QED) is 0.574. The van der Waals surface area contributed by atoms with Gasteiger partial charge >= 0.3 is 0 Å². The monoisotopic (exact) mass is 139 g/mol. The summed E-state index contributed by atoms with van der Waals surface area (Å²) in [6.45, 7) is 3.58. The average Bonchev–Trinajstić information content (AvgIpc) is 2.33. The van der Waals surface area contributed by atoms with E-state index in [0.29, 0.717) is 0 Å². The van der Waals surface area contributed by atoms with Gasteiger partial charge in [-0.25, -0.2) is 4.98 Å². The molecule has 0 fully saturated rings. The predicted octanol–water partition coefficient (Wildman–Crippen LogP) is -0.0359. The topological polar surface area (TPSA) is 38.5 Å². The largest absolute Gasteiger partial charge is 0.259 e. The molecular weight excluding hydrogens is 132 g/mol. The lowest BCUT2D eigenvalue weighted by atomic mass is 10.4. The predicted molar refractivity (Wildman–Crippen MR) is 39.3 cm³/mol. The van der Waals surface area contributed by atoms with E-state index < -0.39 is 0 Å². The molecule has 0 aliphatic rings. The van der Waals surface area contributed by atoms with Crippen molar-refractivity contribution in [3.05, 3.63) is 22.7 Å². The summed E-state index contributed by atoms with van der Waals surface area (Å²) in [5.74, 6) is 0. The SMILES string of the molecule is C=Cc1ncsc1C=[NH2+]. The van der Waals surface area contributed by atoms with Crippen LogP contribution >= 0.6 is 11.3 Å². The lowest BCUT2D eigenvalue weighted by molar-refractivity contribution is -0.104. The highest BCUT2D eigenvalue weighted by atomic mass is 32.1. The maximum absolute atomic E-state index is 5.27. The van der Waals surface area contributed by atoms with Crippen LogP contribution in [0.15, 0.2) is 12.1 Å². The summed E-state index contributed by atoms with van der Waals surface area (Å²) in [5, 5.41) is 5.27. The van der Waals surface area contributed by atoms with E-state index in [2.05, 4.69) is 11.6 Å². The summed E-state index contributed by atoms with van der Waals surface area (Å²) in [6, 6.07) is 0. The molecule has 0 aliphatic carbocycles. The Labute approximate surface area is 57.4 Å². The number of rotatable bonds is 2. The van der Waals surface area contributed by atoms with Crippen molar-refractivity contribution in [1.29, 1.82) is 0 Å². The van der Waals surface area contributed by atoms with Gasteiger partial charge in [-0.2, -0.15) is 0 Å². The molecule has 2 nitrogen and oxygen atoms in total. The van der Waals surface area contributed by atoms with Gasteiger partial charge in [0.05, 0.1) is 11.2 Å². The van der Waals surface area contributed by atoms with Gasteiger partial charge in [0, 0.05) is 0 Å². The molecule has 46 valence electrons. The zero-order chi connectivity index (χ0) is 6.69. The molecule has 0 amide bonds. The summed E-state index contributed by atoms with van der Waals surface area (Å²) < 4.78 is 0. The molecule has 0 unspecified atom stereocenters. The fourth-order valence-corrected chi connectivity index (χ4v) is 1.16. The van der Waals surface area contributed by atoms with E-state index in [0.717, 1.165) is 10.6 Å². The van der Waals surface area contributed by atoms with Crippen molar-refractivity contribution in [2.75, 3.05) is 0 Å². The Balaban J connectivity index is 3.12. The third kappa shape index (κ3) is 1.05. The molecule has 0 saturated carbocycles. The maximum Gasteiger partial charge on any atom is 0.179 e. The second kappa shape index (κ2) is 2.55. The van der Waals surface area contributed by atoms with Crippen LogP contribution in [-0.4, -0.2) is 11.2 Å². The van der Waals surface area contributed by atoms with E-state index in [1.807, 2.05) is 0 Å². The average molecular weight is 139 g/mol. The van der Waals surface area contributed by atoms with Crippen LogP contribution in [0.25, 0.3) is 6.08 Å². The van der Waals surface area contributed by atoms with Gasteiger partial charge in [0.15, 0.2) is 6.21 Å². The first kappa shape index (κ1) is 6.16. The van der Waals surface area contributed by atoms with Crippen molar-refractivity contribution in [2.45, 2.75) is 0 Å². The van der Waals surface area contributed by atoms with E-state index in [9.17, 15) is 0 Å². The molecule has 0 spiro atoms. The zero-order valence-corrected chi connectivity index (χ0v) is 5.69. The maximum atomic E-state index is 5.27. The van der Waals surface area contributed by atoms with Crippen molar-refractivity contribution < 1.29 is 5.41 Å². The molecule has 1 heterocycles. The number of thiazole rings is 1. The van der Waals surface area contributed by atoms with Crippen LogP contribution in [0.5, 0.6) is 0 Å². The summed E-state index contributed by atoms with van der Waals surface area (Å²) in [4.78, 5) is 4.97. The fraction of sp³-hybridized carbons (Fsp3) is 0. The molecule has 2 N–H and O–H groups in total. The van der Waals surface area contributed by atoms with Crippen LogP contribution in [0.4, 0.5) is 0 Å². The van der Waals surface area contributed by atoms with Crippen molar-refractivity contribution >= 4 is 23.6 Å². The first-order chi connectivity index (χ1) is 4.38. The summed E-state index contributed by atoms with van der Waals surface area (Å²) in [6.07, 6.45) is 3.23. The Bertz CT molecular complexity index is 204. The van der Waals surface area contributed by atoms with Crippen LogP contribution in [0, 0.1) is 0 Å². The zero-order valence-electron chi connectivity index (χ0n) is 4.87. The van der Waals surface area contributed by atoms with Gasteiger partial charge in [-0.3, -0.25) is 5.41 Å². The minimum Gasteiger partial charge on any atom is -0.259 e. The van der Waals surface area contributed by atoms with Crippen molar-refractivity contribution in [3.8, 4) is 0 Å². The summed E-state index contributed by atoms with van der Waals surface area (Å²) >= 11 is 1.51. The number of nitrogens with two attached hydrogens (primary N) is 1. The van der Waals surface area contributed by atoms with Crippen LogP contribution in [0.3, 0.4) is 0 Å². The number of hydrogen-bond donors (Lipinski definition) is 1. The Hall–Kier alpha value is -0.960. The molecule has 1 aromatic heterocycles. The lowest BCUT2D eigenvalue weighted by Crippen LogP contribution is -2.29.